The van der Waals surface area contributed by atoms with Crippen LogP contribution >= 0.6 is 0 Å². The molecule has 5 rings (SSSR count). The van der Waals surface area contributed by atoms with Crippen molar-refractivity contribution in [2.24, 2.45) is 11.8 Å². The van der Waals surface area contributed by atoms with Gasteiger partial charge < -0.3 is 24.6 Å². The van der Waals surface area contributed by atoms with Gasteiger partial charge in [0.25, 0.3) is 5.91 Å². The number of methoxy groups -OCH3 is 2. The van der Waals surface area contributed by atoms with Crippen molar-refractivity contribution >= 4 is 17.7 Å². The number of amides is 3. The largest absolute Gasteiger partial charge is 0.497 e. The van der Waals surface area contributed by atoms with Gasteiger partial charge in [-0.2, -0.15) is 0 Å². The van der Waals surface area contributed by atoms with Crippen LogP contribution in [0.1, 0.15) is 53.6 Å². The molecule has 2 fully saturated rings. The molecule has 1 aliphatic carbocycles. The third-order valence-electron chi connectivity index (χ3n) is 8.33. The second-order valence-electron chi connectivity index (χ2n) is 10.5. The minimum atomic E-state index is -0.424. The van der Waals surface area contributed by atoms with E-state index in [1.165, 1.54) is 18.2 Å². The molecule has 0 spiro atoms. The summed E-state index contributed by atoms with van der Waals surface area (Å²) in [5.74, 6) is 0.172. The van der Waals surface area contributed by atoms with Crippen molar-refractivity contribution in [1.82, 2.24) is 15.1 Å². The van der Waals surface area contributed by atoms with Crippen molar-refractivity contribution < 1.29 is 23.9 Å². The average molecular weight is 520 g/mol. The molecule has 0 unspecified atom stereocenters. The van der Waals surface area contributed by atoms with Gasteiger partial charge in [-0.1, -0.05) is 24.3 Å². The lowest BCUT2D eigenvalue weighted by Gasteiger charge is -2.34. The quantitative estimate of drug-likeness (QED) is 0.669. The molecule has 2 heterocycles. The average Bonchev–Trinajstić information content (AvgIpc) is 3.40. The van der Waals surface area contributed by atoms with Crippen LogP contribution < -0.4 is 14.8 Å². The Hall–Kier alpha value is -3.55. The SMILES string of the molecule is COc1ccc(C(=O)N2CCCCCNC(=O)[C@H]3C[C@H](C(=O)N4CCc5ccccc5C4)C[C@H]32)c(OC)c1. The number of carbonyl (C=O) groups is 3. The number of benzene rings is 2. The van der Waals surface area contributed by atoms with Crippen LogP contribution in [0.25, 0.3) is 0 Å². The van der Waals surface area contributed by atoms with E-state index in [0.717, 1.165) is 25.7 Å². The lowest BCUT2D eigenvalue weighted by atomic mass is 9.97. The molecule has 1 saturated carbocycles. The van der Waals surface area contributed by atoms with Crippen LogP contribution in [0.2, 0.25) is 0 Å². The Labute approximate surface area is 224 Å². The van der Waals surface area contributed by atoms with E-state index in [0.29, 0.717) is 56.1 Å². The number of ether oxygens (including phenoxy) is 2. The van der Waals surface area contributed by atoms with Crippen LogP contribution in [-0.2, 0) is 22.6 Å². The summed E-state index contributed by atoms with van der Waals surface area (Å²) >= 11 is 0. The van der Waals surface area contributed by atoms with E-state index in [9.17, 15) is 14.4 Å². The number of fused-ring (bicyclic) bond motifs is 2. The first kappa shape index (κ1) is 26.1. The molecule has 2 aromatic carbocycles. The lowest BCUT2D eigenvalue weighted by Crippen LogP contribution is -2.48. The smallest absolute Gasteiger partial charge is 0.257 e. The standard InChI is InChI=1S/C30H37N3O5/c1-37-23-10-11-24(27(18-23)38-2)30(36)33-14-7-3-6-13-31-28(34)25-16-22(17-26(25)33)29(35)32-15-12-20-8-4-5-9-21(20)19-32/h4-5,8-11,18,22,25-26H,3,6-7,12-17,19H2,1-2H3,(H,31,34)/t22-,25-,26+/m0/s1. The number of nitrogens with zero attached hydrogens (tertiary/aromatic N) is 2. The molecule has 2 aliphatic heterocycles. The van der Waals surface area contributed by atoms with E-state index in [1.807, 2.05) is 21.9 Å². The maximum absolute atomic E-state index is 14.0. The van der Waals surface area contributed by atoms with Crippen LogP contribution in [0.3, 0.4) is 0 Å². The van der Waals surface area contributed by atoms with Crippen molar-refractivity contribution in [2.45, 2.75) is 51.1 Å². The summed E-state index contributed by atoms with van der Waals surface area (Å²) in [4.78, 5) is 44.8. The van der Waals surface area contributed by atoms with E-state index in [1.54, 1.807) is 25.3 Å². The highest BCUT2D eigenvalue weighted by atomic mass is 16.5. The maximum Gasteiger partial charge on any atom is 0.257 e. The van der Waals surface area contributed by atoms with E-state index >= 15 is 0 Å². The summed E-state index contributed by atoms with van der Waals surface area (Å²) in [5.41, 5.74) is 2.92. The summed E-state index contributed by atoms with van der Waals surface area (Å²) in [5, 5.41) is 3.07. The Bertz CT molecular complexity index is 1200. The molecule has 2 aromatic rings. The maximum atomic E-state index is 14.0. The van der Waals surface area contributed by atoms with Gasteiger partial charge in [-0.25, -0.2) is 0 Å². The zero-order chi connectivity index (χ0) is 26.6. The second kappa shape index (κ2) is 11.5. The summed E-state index contributed by atoms with van der Waals surface area (Å²) in [6.45, 7) is 2.45. The fraction of sp³-hybridized carbons (Fsp3) is 0.500. The first-order valence-electron chi connectivity index (χ1n) is 13.7. The fourth-order valence-electron chi connectivity index (χ4n) is 6.26. The molecular weight excluding hydrogens is 482 g/mol. The molecule has 0 bridgehead atoms. The van der Waals surface area contributed by atoms with E-state index < -0.39 is 5.92 Å². The monoisotopic (exact) mass is 519 g/mol. The molecule has 38 heavy (non-hydrogen) atoms. The van der Waals surface area contributed by atoms with Crippen molar-refractivity contribution in [3.63, 3.8) is 0 Å². The summed E-state index contributed by atoms with van der Waals surface area (Å²) in [7, 11) is 3.10. The minimum Gasteiger partial charge on any atom is -0.497 e. The van der Waals surface area contributed by atoms with Crippen molar-refractivity contribution in [3.05, 3.63) is 59.2 Å². The predicted octanol–water partition coefficient (Wildman–Crippen LogP) is 3.43. The van der Waals surface area contributed by atoms with Gasteiger partial charge >= 0.3 is 0 Å². The Balaban J connectivity index is 1.41. The van der Waals surface area contributed by atoms with Gasteiger partial charge in [0, 0.05) is 44.2 Å². The van der Waals surface area contributed by atoms with Crippen molar-refractivity contribution in [2.75, 3.05) is 33.9 Å². The Kier molecular flexibility index (Phi) is 7.86. The Morgan fingerprint density at radius 3 is 2.55 bits per heavy atom. The third-order valence-corrected chi connectivity index (χ3v) is 8.33. The van der Waals surface area contributed by atoms with Crippen LogP contribution in [-0.4, -0.2) is 67.4 Å². The number of hydrogen-bond acceptors (Lipinski definition) is 5. The molecule has 3 aliphatic rings. The van der Waals surface area contributed by atoms with Gasteiger partial charge in [-0.3, -0.25) is 14.4 Å². The Morgan fingerprint density at radius 2 is 1.76 bits per heavy atom. The Morgan fingerprint density at radius 1 is 0.947 bits per heavy atom. The highest BCUT2D eigenvalue weighted by Gasteiger charge is 2.47. The highest BCUT2D eigenvalue weighted by molar-refractivity contribution is 5.98. The van der Waals surface area contributed by atoms with E-state index in [-0.39, 0.29) is 29.7 Å². The van der Waals surface area contributed by atoms with E-state index in [4.69, 9.17) is 9.47 Å². The zero-order valence-electron chi connectivity index (χ0n) is 22.3. The topological polar surface area (TPSA) is 88.2 Å². The molecule has 0 radical (unpaired) electrons. The second-order valence-corrected chi connectivity index (χ2v) is 10.5. The van der Waals surface area contributed by atoms with Crippen LogP contribution in [0, 0.1) is 11.8 Å². The minimum absolute atomic E-state index is 0.0596. The molecule has 8 heteroatoms. The van der Waals surface area contributed by atoms with Crippen molar-refractivity contribution in [3.8, 4) is 11.5 Å². The fourth-order valence-corrected chi connectivity index (χ4v) is 6.26. The lowest BCUT2D eigenvalue weighted by molar-refractivity contribution is -0.136. The van der Waals surface area contributed by atoms with Gasteiger partial charge in [-0.05, 0) is 61.8 Å². The highest BCUT2D eigenvalue weighted by Crippen LogP contribution is 2.39. The first-order valence-corrected chi connectivity index (χ1v) is 13.7. The van der Waals surface area contributed by atoms with Gasteiger partial charge in [0.05, 0.1) is 25.7 Å². The van der Waals surface area contributed by atoms with Gasteiger partial charge in [0.15, 0.2) is 0 Å². The van der Waals surface area contributed by atoms with Crippen LogP contribution in [0.15, 0.2) is 42.5 Å². The van der Waals surface area contributed by atoms with E-state index in [2.05, 4.69) is 17.4 Å². The van der Waals surface area contributed by atoms with Crippen molar-refractivity contribution in [1.29, 1.82) is 0 Å². The number of nitrogens with one attached hydrogen (secondary N) is 1. The molecule has 8 nitrogen and oxygen atoms in total. The summed E-state index contributed by atoms with van der Waals surface area (Å²) in [6.07, 6.45) is 4.40. The molecule has 1 N–H and O–H groups in total. The molecule has 1 saturated heterocycles. The third kappa shape index (κ3) is 5.22. The number of carbonyl (C=O) groups excluding carboxylic acids is 3. The summed E-state index contributed by atoms with van der Waals surface area (Å²) < 4.78 is 10.8. The molecule has 202 valence electrons. The zero-order valence-corrected chi connectivity index (χ0v) is 22.3. The van der Waals surface area contributed by atoms with Gasteiger partial charge in [-0.15, -0.1) is 0 Å². The molecule has 0 aromatic heterocycles. The first-order chi connectivity index (χ1) is 18.5. The molecular formula is C30H37N3O5. The summed E-state index contributed by atoms with van der Waals surface area (Å²) in [6, 6.07) is 13.1. The van der Waals surface area contributed by atoms with Crippen LogP contribution in [0.5, 0.6) is 11.5 Å². The molecule has 3 atom stereocenters. The normalized spacial score (nSPS) is 23.6. The van der Waals surface area contributed by atoms with Crippen LogP contribution in [0.4, 0.5) is 0 Å². The predicted molar refractivity (Wildman–Crippen MR) is 143 cm³/mol. The molecule has 3 amide bonds. The van der Waals surface area contributed by atoms with Gasteiger partial charge in [0.1, 0.15) is 11.5 Å². The van der Waals surface area contributed by atoms with Gasteiger partial charge in [0.2, 0.25) is 11.8 Å². The number of rotatable bonds is 4. The number of hydrogen-bond donors (Lipinski definition) is 1.